The molecule has 8 nitrogen and oxygen atoms in total. The summed E-state index contributed by atoms with van der Waals surface area (Å²) >= 11 is 0. The summed E-state index contributed by atoms with van der Waals surface area (Å²) in [4.78, 5) is 42.6. The van der Waals surface area contributed by atoms with Gasteiger partial charge in [-0.05, 0) is 42.0 Å². The van der Waals surface area contributed by atoms with Crippen LogP contribution in [-0.2, 0) is 36.1 Å². The molecule has 2 aliphatic heterocycles. The van der Waals surface area contributed by atoms with Crippen molar-refractivity contribution in [3.63, 3.8) is 0 Å². The van der Waals surface area contributed by atoms with Gasteiger partial charge < -0.3 is 10.6 Å². The number of carbonyl (C=O) groups is 2. The number of aliphatic imine (C=N–C) groups is 1. The summed E-state index contributed by atoms with van der Waals surface area (Å²) in [5.74, 6) is -0.834. The van der Waals surface area contributed by atoms with Gasteiger partial charge in [0.15, 0.2) is 11.5 Å². The lowest BCUT2D eigenvalue weighted by Gasteiger charge is -2.27. The van der Waals surface area contributed by atoms with E-state index >= 15 is 0 Å². The van der Waals surface area contributed by atoms with Crippen molar-refractivity contribution in [2.24, 2.45) is 16.6 Å². The number of aromatic nitrogens is 2. The summed E-state index contributed by atoms with van der Waals surface area (Å²) in [6, 6.07) is 12.5. The molecule has 0 bridgehead atoms. The number of hydrogen-bond acceptors (Lipinski definition) is 6. The summed E-state index contributed by atoms with van der Waals surface area (Å²) < 4.78 is 41.9. The fourth-order valence-electron chi connectivity index (χ4n) is 5.20. The summed E-state index contributed by atoms with van der Waals surface area (Å²) in [7, 11) is 0. The third kappa shape index (κ3) is 5.03. The predicted octanol–water partition coefficient (Wildman–Crippen LogP) is 4.64. The molecule has 40 heavy (non-hydrogen) atoms. The zero-order chi connectivity index (χ0) is 28.7. The molecule has 1 aromatic heterocycles. The zero-order valence-electron chi connectivity index (χ0n) is 22.2. The van der Waals surface area contributed by atoms with E-state index in [4.69, 9.17) is 5.73 Å². The SMILES string of the molecule is CC(C)CCC1(c2ccccc2)N=C(N)N(Cc2ccc(C(F)(F)F)c(C(=O)N3Cc4cncnc4C3)c2)C1=O. The Labute approximate surface area is 229 Å². The first kappa shape index (κ1) is 27.3. The van der Waals surface area contributed by atoms with Gasteiger partial charge >= 0.3 is 6.18 Å². The standard InChI is InChI=1S/C29H29F3N6O2/c1-18(2)10-11-28(21-6-4-3-5-7-21)26(40)38(27(33)36-28)14-19-8-9-23(29(30,31)32)22(12-19)25(39)37-15-20-13-34-17-35-24(20)16-37/h3-9,12-13,17-18H,10-11,14-16H2,1-2H3,(H2,33,36). The number of nitrogens with zero attached hydrogens (tertiary/aromatic N) is 5. The molecule has 3 aromatic rings. The van der Waals surface area contributed by atoms with E-state index in [-0.39, 0.29) is 31.5 Å². The lowest BCUT2D eigenvalue weighted by Crippen LogP contribution is -2.42. The van der Waals surface area contributed by atoms with Gasteiger partial charge in [0.2, 0.25) is 0 Å². The Morgan fingerprint density at radius 2 is 1.88 bits per heavy atom. The van der Waals surface area contributed by atoms with Gasteiger partial charge in [-0.1, -0.05) is 50.2 Å². The maximum atomic E-state index is 14.0. The van der Waals surface area contributed by atoms with Crippen molar-refractivity contribution in [1.82, 2.24) is 19.8 Å². The Bertz CT molecular complexity index is 1450. The lowest BCUT2D eigenvalue weighted by molar-refractivity contribution is -0.138. The van der Waals surface area contributed by atoms with Crippen molar-refractivity contribution in [2.45, 2.75) is 58.0 Å². The van der Waals surface area contributed by atoms with Crippen molar-refractivity contribution < 1.29 is 22.8 Å². The fraction of sp³-hybridized carbons (Fsp3) is 0.345. The molecule has 0 spiro atoms. The van der Waals surface area contributed by atoms with Crippen LogP contribution < -0.4 is 5.73 Å². The van der Waals surface area contributed by atoms with Gasteiger partial charge in [-0.25, -0.2) is 15.0 Å². The molecule has 0 fully saturated rings. The molecule has 0 radical (unpaired) electrons. The molecular weight excluding hydrogens is 521 g/mol. The average molecular weight is 551 g/mol. The second-order valence-electron chi connectivity index (χ2n) is 10.6. The molecule has 0 saturated heterocycles. The number of fused-ring (bicyclic) bond motifs is 1. The highest BCUT2D eigenvalue weighted by molar-refractivity contribution is 6.07. The minimum Gasteiger partial charge on any atom is -0.369 e. The topological polar surface area (TPSA) is 105 Å². The minimum absolute atomic E-state index is 0.0149. The molecule has 2 N–H and O–H groups in total. The molecule has 0 aliphatic carbocycles. The van der Waals surface area contributed by atoms with E-state index in [1.807, 2.05) is 30.3 Å². The molecule has 2 aromatic carbocycles. The van der Waals surface area contributed by atoms with E-state index in [1.54, 1.807) is 6.20 Å². The van der Waals surface area contributed by atoms with Gasteiger partial charge in [0.05, 0.1) is 29.9 Å². The van der Waals surface area contributed by atoms with Crippen LogP contribution >= 0.6 is 0 Å². The van der Waals surface area contributed by atoms with Gasteiger partial charge in [0.25, 0.3) is 11.8 Å². The monoisotopic (exact) mass is 550 g/mol. The van der Waals surface area contributed by atoms with Crippen molar-refractivity contribution in [3.8, 4) is 0 Å². The minimum atomic E-state index is -4.75. The smallest absolute Gasteiger partial charge is 0.369 e. The van der Waals surface area contributed by atoms with Crippen molar-refractivity contribution in [2.75, 3.05) is 0 Å². The number of alkyl halides is 3. The molecule has 2 aliphatic rings. The van der Waals surface area contributed by atoms with Crippen LogP contribution in [0, 0.1) is 5.92 Å². The number of halogens is 3. The van der Waals surface area contributed by atoms with Crippen LogP contribution in [0.3, 0.4) is 0 Å². The van der Waals surface area contributed by atoms with Gasteiger partial charge in [0.1, 0.15) is 6.33 Å². The molecule has 3 heterocycles. The Kier molecular flexibility index (Phi) is 7.07. The van der Waals surface area contributed by atoms with Crippen LogP contribution in [0.4, 0.5) is 13.2 Å². The molecule has 1 unspecified atom stereocenters. The summed E-state index contributed by atoms with van der Waals surface area (Å²) in [6.45, 7) is 4.16. The first-order valence-electron chi connectivity index (χ1n) is 13.0. The summed E-state index contributed by atoms with van der Waals surface area (Å²) in [5.41, 5.74) is 5.81. The van der Waals surface area contributed by atoms with Crippen LogP contribution in [0.5, 0.6) is 0 Å². The molecule has 5 rings (SSSR count). The molecule has 2 amide bonds. The van der Waals surface area contributed by atoms with Crippen LogP contribution in [0.25, 0.3) is 0 Å². The van der Waals surface area contributed by atoms with Gasteiger partial charge in [-0.2, -0.15) is 13.2 Å². The number of nitrogens with two attached hydrogens (primary N) is 1. The fourth-order valence-corrected chi connectivity index (χ4v) is 5.20. The van der Waals surface area contributed by atoms with E-state index < -0.39 is 28.7 Å². The highest BCUT2D eigenvalue weighted by Gasteiger charge is 2.49. The van der Waals surface area contributed by atoms with Crippen LogP contribution in [0.2, 0.25) is 0 Å². The van der Waals surface area contributed by atoms with Crippen LogP contribution in [0.1, 0.15) is 65.0 Å². The van der Waals surface area contributed by atoms with E-state index in [0.29, 0.717) is 41.1 Å². The van der Waals surface area contributed by atoms with Crippen LogP contribution in [-0.4, -0.2) is 37.5 Å². The quantitative estimate of drug-likeness (QED) is 0.462. The highest BCUT2D eigenvalue weighted by Crippen LogP contribution is 2.39. The molecule has 208 valence electrons. The van der Waals surface area contributed by atoms with Gasteiger partial charge in [-0.3, -0.25) is 14.5 Å². The van der Waals surface area contributed by atoms with Crippen molar-refractivity contribution >= 4 is 17.8 Å². The first-order chi connectivity index (χ1) is 19.0. The second kappa shape index (κ2) is 10.4. The number of hydrogen-bond donors (Lipinski definition) is 1. The molecule has 0 saturated carbocycles. The maximum absolute atomic E-state index is 14.0. The number of rotatable bonds is 7. The molecule has 1 atom stereocenters. The maximum Gasteiger partial charge on any atom is 0.417 e. The second-order valence-corrected chi connectivity index (χ2v) is 10.6. The highest BCUT2D eigenvalue weighted by atomic mass is 19.4. The largest absolute Gasteiger partial charge is 0.417 e. The zero-order valence-corrected chi connectivity index (χ0v) is 22.2. The normalized spacial score (nSPS) is 18.9. The molecule has 11 heteroatoms. The van der Waals surface area contributed by atoms with Crippen molar-refractivity contribution in [1.29, 1.82) is 0 Å². The average Bonchev–Trinajstić information content (AvgIpc) is 3.46. The predicted molar refractivity (Wildman–Crippen MR) is 141 cm³/mol. The van der Waals surface area contributed by atoms with Gasteiger partial charge in [0, 0.05) is 18.3 Å². The number of carbonyl (C=O) groups excluding carboxylic acids is 2. The number of benzene rings is 2. The van der Waals surface area contributed by atoms with Gasteiger partial charge in [-0.15, -0.1) is 0 Å². The van der Waals surface area contributed by atoms with E-state index in [0.717, 1.165) is 6.07 Å². The summed E-state index contributed by atoms with van der Waals surface area (Å²) in [6.07, 6.45) is -0.716. The van der Waals surface area contributed by atoms with Crippen LogP contribution in [0.15, 0.2) is 66.0 Å². The Hall–Kier alpha value is -4.28. The van der Waals surface area contributed by atoms with E-state index in [1.165, 1.54) is 28.3 Å². The lowest BCUT2D eigenvalue weighted by atomic mass is 9.83. The molecular formula is C29H29F3N6O2. The van der Waals surface area contributed by atoms with E-state index in [2.05, 4.69) is 28.8 Å². The Balaban J connectivity index is 1.46. The Morgan fingerprint density at radius 3 is 2.55 bits per heavy atom. The Morgan fingerprint density at radius 1 is 1.12 bits per heavy atom. The summed E-state index contributed by atoms with van der Waals surface area (Å²) in [5, 5.41) is 0. The third-order valence-electron chi connectivity index (χ3n) is 7.35. The van der Waals surface area contributed by atoms with Crippen molar-refractivity contribution in [3.05, 3.63) is 94.6 Å². The third-order valence-corrected chi connectivity index (χ3v) is 7.35. The number of guanidine groups is 1. The first-order valence-corrected chi connectivity index (χ1v) is 13.0. The number of amides is 2. The van der Waals surface area contributed by atoms with E-state index in [9.17, 15) is 22.8 Å².